The van der Waals surface area contributed by atoms with Crippen LogP contribution in [0.1, 0.15) is 34.9 Å². The number of nitrogens with zero attached hydrogens (tertiary/aromatic N) is 3. The Morgan fingerprint density at radius 2 is 2.16 bits per heavy atom. The average molecular weight is 357 g/mol. The van der Waals surface area contributed by atoms with Crippen molar-refractivity contribution in [2.24, 2.45) is 0 Å². The monoisotopic (exact) mass is 357 g/mol. The minimum absolute atomic E-state index is 0.186. The molecule has 3 aromatic rings. The molecule has 0 fully saturated rings. The van der Waals surface area contributed by atoms with Gasteiger partial charge in [-0.3, -0.25) is 14.9 Å². The smallest absolute Gasteiger partial charge is 0.286 e. The van der Waals surface area contributed by atoms with E-state index >= 15 is 0 Å². The zero-order chi connectivity index (χ0) is 17.3. The molecule has 130 valence electrons. The molecular weight excluding hydrogens is 338 g/mol. The van der Waals surface area contributed by atoms with Gasteiger partial charge < -0.3 is 9.73 Å². The predicted molar refractivity (Wildman–Crippen MR) is 94.2 cm³/mol. The van der Waals surface area contributed by atoms with Crippen molar-refractivity contribution in [1.82, 2.24) is 25.5 Å². The van der Waals surface area contributed by atoms with Crippen LogP contribution >= 0.6 is 11.8 Å². The summed E-state index contributed by atoms with van der Waals surface area (Å²) in [6, 6.07) is 9.41. The van der Waals surface area contributed by atoms with Gasteiger partial charge in [-0.1, -0.05) is 17.8 Å². The normalized spacial score (nSPS) is 10.7. The van der Waals surface area contributed by atoms with Gasteiger partial charge in [-0.25, -0.2) is 4.98 Å². The Hall–Kier alpha value is -2.61. The second-order valence-corrected chi connectivity index (χ2v) is 6.34. The van der Waals surface area contributed by atoms with E-state index in [0.29, 0.717) is 18.1 Å². The molecule has 0 saturated heterocycles. The van der Waals surface area contributed by atoms with Crippen molar-refractivity contribution in [1.29, 1.82) is 0 Å². The maximum absolute atomic E-state index is 12.1. The first kappa shape index (κ1) is 17.2. The zero-order valence-electron chi connectivity index (χ0n) is 13.6. The van der Waals surface area contributed by atoms with Gasteiger partial charge in [0.15, 0.2) is 10.9 Å². The fourth-order valence-electron chi connectivity index (χ4n) is 2.25. The van der Waals surface area contributed by atoms with Gasteiger partial charge in [0.2, 0.25) is 0 Å². The van der Waals surface area contributed by atoms with Gasteiger partial charge in [0.25, 0.3) is 5.91 Å². The van der Waals surface area contributed by atoms with Crippen molar-refractivity contribution in [3.63, 3.8) is 0 Å². The molecule has 25 heavy (non-hydrogen) atoms. The number of thioether (sulfide) groups is 1. The quantitative estimate of drug-likeness (QED) is 0.451. The SMILES string of the molecule is O=C(NCCCCc1ccccn1)c1ccc(CSc2ncn[nH]2)o1. The number of carbonyl (C=O) groups excluding carboxylic acids is 1. The van der Waals surface area contributed by atoms with E-state index in [0.717, 1.165) is 35.9 Å². The first-order chi connectivity index (χ1) is 12.3. The Morgan fingerprint density at radius 1 is 1.20 bits per heavy atom. The number of carbonyl (C=O) groups is 1. The molecule has 0 spiro atoms. The molecule has 7 nitrogen and oxygen atoms in total. The Bertz CT molecular complexity index is 773. The number of H-pyrrole nitrogens is 1. The number of unbranched alkanes of at least 4 members (excludes halogenated alkanes) is 1. The number of aromatic nitrogens is 4. The molecule has 0 aliphatic carbocycles. The number of pyridine rings is 1. The Kier molecular flexibility index (Phi) is 6.22. The van der Waals surface area contributed by atoms with Crippen LogP contribution in [0.4, 0.5) is 0 Å². The summed E-state index contributed by atoms with van der Waals surface area (Å²) in [6.07, 6.45) is 6.05. The summed E-state index contributed by atoms with van der Waals surface area (Å²) in [4.78, 5) is 20.4. The Balaban J connectivity index is 1.35. The van der Waals surface area contributed by atoms with Crippen LogP contribution in [0.2, 0.25) is 0 Å². The van der Waals surface area contributed by atoms with Crippen molar-refractivity contribution in [2.75, 3.05) is 6.54 Å². The van der Waals surface area contributed by atoms with Crippen LogP contribution in [0.15, 0.2) is 52.4 Å². The highest BCUT2D eigenvalue weighted by atomic mass is 32.2. The largest absolute Gasteiger partial charge is 0.455 e. The molecule has 0 unspecified atom stereocenters. The lowest BCUT2D eigenvalue weighted by molar-refractivity contribution is 0.0924. The highest BCUT2D eigenvalue weighted by molar-refractivity contribution is 7.98. The first-order valence-electron chi connectivity index (χ1n) is 8.06. The summed E-state index contributed by atoms with van der Waals surface area (Å²) >= 11 is 1.47. The highest BCUT2D eigenvalue weighted by Gasteiger charge is 2.11. The molecule has 0 radical (unpaired) electrons. The standard InChI is InChI=1S/C17H19N5O2S/c23-16(19-10-4-2-6-13-5-1-3-9-18-13)15-8-7-14(24-15)11-25-17-20-12-21-22-17/h1,3,5,7-9,12H,2,4,6,10-11H2,(H,19,23)(H,20,21,22). The van der Waals surface area contributed by atoms with Crippen molar-refractivity contribution < 1.29 is 9.21 Å². The molecule has 0 aromatic carbocycles. The topological polar surface area (TPSA) is 96.7 Å². The molecule has 0 aliphatic rings. The van der Waals surface area contributed by atoms with E-state index in [1.807, 2.05) is 18.2 Å². The molecule has 3 rings (SSSR count). The summed E-state index contributed by atoms with van der Waals surface area (Å²) in [5.41, 5.74) is 1.08. The van der Waals surface area contributed by atoms with Gasteiger partial charge in [-0.05, 0) is 43.5 Å². The third-order valence-electron chi connectivity index (χ3n) is 3.50. The fourth-order valence-corrected chi connectivity index (χ4v) is 2.92. The number of hydrogen-bond acceptors (Lipinski definition) is 6. The van der Waals surface area contributed by atoms with Crippen molar-refractivity contribution >= 4 is 17.7 Å². The van der Waals surface area contributed by atoms with Crippen LogP contribution in [0.25, 0.3) is 0 Å². The van der Waals surface area contributed by atoms with Crippen molar-refractivity contribution in [3.05, 3.63) is 60.1 Å². The minimum atomic E-state index is -0.186. The Labute approximate surface area is 149 Å². The molecule has 0 atom stereocenters. The third kappa shape index (κ3) is 5.46. The predicted octanol–water partition coefficient (Wildman–Crippen LogP) is 2.84. The molecular formula is C17H19N5O2S. The van der Waals surface area contributed by atoms with Gasteiger partial charge in [0.05, 0.1) is 5.75 Å². The van der Waals surface area contributed by atoms with Crippen LogP contribution in [-0.4, -0.2) is 32.6 Å². The summed E-state index contributed by atoms with van der Waals surface area (Å²) in [7, 11) is 0. The maximum atomic E-state index is 12.1. The maximum Gasteiger partial charge on any atom is 0.286 e. The van der Waals surface area contributed by atoms with E-state index < -0.39 is 0 Å². The third-order valence-corrected chi connectivity index (χ3v) is 4.40. The highest BCUT2D eigenvalue weighted by Crippen LogP contribution is 2.20. The molecule has 1 amide bonds. The molecule has 3 aromatic heterocycles. The van der Waals surface area contributed by atoms with Crippen LogP contribution in [0, 0.1) is 0 Å². The van der Waals surface area contributed by atoms with Crippen LogP contribution < -0.4 is 5.32 Å². The van der Waals surface area contributed by atoms with Gasteiger partial charge in [0.1, 0.15) is 12.1 Å². The summed E-state index contributed by atoms with van der Waals surface area (Å²) in [5, 5.41) is 10.1. The number of aromatic amines is 1. The zero-order valence-corrected chi connectivity index (χ0v) is 14.5. The Morgan fingerprint density at radius 3 is 2.96 bits per heavy atom. The lowest BCUT2D eigenvalue weighted by Gasteiger charge is -2.03. The number of nitrogens with one attached hydrogen (secondary N) is 2. The van der Waals surface area contributed by atoms with E-state index in [4.69, 9.17) is 4.42 Å². The summed E-state index contributed by atoms with van der Waals surface area (Å²) < 4.78 is 5.57. The molecule has 0 saturated carbocycles. The fraction of sp³-hybridized carbons (Fsp3) is 0.294. The van der Waals surface area contributed by atoms with Gasteiger partial charge >= 0.3 is 0 Å². The lowest BCUT2D eigenvalue weighted by atomic mass is 10.2. The minimum Gasteiger partial charge on any atom is -0.455 e. The van der Waals surface area contributed by atoms with E-state index in [2.05, 4.69) is 25.5 Å². The van der Waals surface area contributed by atoms with Gasteiger partial charge in [0, 0.05) is 18.4 Å². The summed E-state index contributed by atoms with van der Waals surface area (Å²) in [6.45, 7) is 0.620. The lowest BCUT2D eigenvalue weighted by Crippen LogP contribution is -2.24. The van der Waals surface area contributed by atoms with E-state index in [1.54, 1.807) is 18.3 Å². The molecule has 0 bridgehead atoms. The second-order valence-electron chi connectivity index (χ2n) is 5.38. The van der Waals surface area contributed by atoms with Crippen LogP contribution in [-0.2, 0) is 12.2 Å². The summed E-state index contributed by atoms with van der Waals surface area (Å²) in [5.74, 6) is 1.46. The number of amides is 1. The van der Waals surface area contributed by atoms with Gasteiger partial charge in [-0.2, -0.15) is 5.10 Å². The van der Waals surface area contributed by atoms with Crippen LogP contribution in [0.5, 0.6) is 0 Å². The average Bonchev–Trinajstić information content (AvgIpc) is 3.32. The molecule has 2 N–H and O–H groups in total. The van der Waals surface area contributed by atoms with E-state index in [1.165, 1.54) is 18.1 Å². The first-order valence-corrected chi connectivity index (χ1v) is 9.05. The molecule has 3 heterocycles. The number of aryl methyl sites for hydroxylation is 1. The second kappa shape index (κ2) is 9.03. The number of furan rings is 1. The molecule has 0 aliphatic heterocycles. The number of hydrogen-bond donors (Lipinski definition) is 2. The van der Waals surface area contributed by atoms with E-state index in [9.17, 15) is 4.79 Å². The van der Waals surface area contributed by atoms with E-state index in [-0.39, 0.29) is 5.91 Å². The van der Waals surface area contributed by atoms with Crippen molar-refractivity contribution in [2.45, 2.75) is 30.2 Å². The van der Waals surface area contributed by atoms with Gasteiger partial charge in [-0.15, -0.1) is 0 Å². The van der Waals surface area contributed by atoms with Crippen LogP contribution in [0.3, 0.4) is 0 Å². The van der Waals surface area contributed by atoms with Crippen molar-refractivity contribution in [3.8, 4) is 0 Å². The number of rotatable bonds is 9. The molecule has 8 heteroatoms.